The number of carbonyl (C=O) groups excluding carboxylic acids is 1. The number of unbranched alkanes of at least 4 members (excludes halogenated alkanes) is 1. The molecular formula is C19H27NO3. The SMILES string of the molecule is C=COCCCCOC(=O)NC(C)(C)c1cccc(C(=C)C)c1. The lowest BCUT2D eigenvalue weighted by Gasteiger charge is -2.27. The normalized spacial score (nSPS) is 10.7. The second kappa shape index (κ2) is 9.03. The van der Waals surface area contributed by atoms with Crippen LogP contribution in [0.5, 0.6) is 0 Å². The average molecular weight is 317 g/mol. The Morgan fingerprint density at radius 1 is 1.30 bits per heavy atom. The van der Waals surface area contributed by atoms with Crippen LogP contribution < -0.4 is 5.32 Å². The van der Waals surface area contributed by atoms with Gasteiger partial charge in [0.15, 0.2) is 0 Å². The van der Waals surface area contributed by atoms with E-state index >= 15 is 0 Å². The number of hydrogen-bond donors (Lipinski definition) is 1. The Balaban J connectivity index is 2.50. The quantitative estimate of drug-likeness (QED) is 0.534. The smallest absolute Gasteiger partial charge is 0.407 e. The van der Waals surface area contributed by atoms with Crippen molar-refractivity contribution in [3.05, 3.63) is 54.8 Å². The molecule has 0 bridgehead atoms. The van der Waals surface area contributed by atoms with Gasteiger partial charge in [-0.2, -0.15) is 0 Å². The Morgan fingerprint density at radius 2 is 2.00 bits per heavy atom. The number of rotatable bonds is 9. The number of alkyl carbamates (subject to hydrolysis) is 1. The molecule has 0 saturated carbocycles. The summed E-state index contributed by atoms with van der Waals surface area (Å²) in [6.45, 7) is 14.2. The lowest BCUT2D eigenvalue weighted by atomic mass is 9.92. The highest BCUT2D eigenvalue weighted by Gasteiger charge is 2.23. The van der Waals surface area contributed by atoms with E-state index in [1.807, 2.05) is 45.0 Å². The number of ether oxygens (including phenoxy) is 2. The number of carbonyl (C=O) groups is 1. The highest BCUT2D eigenvalue weighted by Crippen LogP contribution is 2.23. The molecule has 0 aromatic heterocycles. The first-order valence-corrected chi connectivity index (χ1v) is 7.80. The van der Waals surface area contributed by atoms with Gasteiger partial charge in [0.1, 0.15) is 0 Å². The summed E-state index contributed by atoms with van der Waals surface area (Å²) in [4.78, 5) is 11.9. The summed E-state index contributed by atoms with van der Waals surface area (Å²) in [5.74, 6) is 0. The minimum Gasteiger partial charge on any atom is -0.502 e. The Kier molecular flexibility index (Phi) is 7.39. The van der Waals surface area contributed by atoms with E-state index in [-0.39, 0.29) is 0 Å². The molecule has 23 heavy (non-hydrogen) atoms. The predicted molar refractivity (Wildman–Crippen MR) is 94.0 cm³/mol. The fraction of sp³-hybridized carbons (Fsp3) is 0.421. The average Bonchev–Trinajstić information content (AvgIpc) is 2.50. The molecule has 126 valence electrons. The molecule has 4 nitrogen and oxygen atoms in total. The van der Waals surface area contributed by atoms with Crippen LogP contribution in [0.4, 0.5) is 4.79 Å². The second-order valence-corrected chi connectivity index (χ2v) is 5.99. The van der Waals surface area contributed by atoms with Crippen LogP contribution in [0, 0.1) is 0 Å². The maximum Gasteiger partial charge on any atom is 0.407 e. The van der Waals surface area contributed by atoms with Crippen molar-refractivity contribution in [1.29, 1.82) is 0 Å². The van der Waals surface area contributed by atoms with E-state index in [1.165, 1.54) is 6.26 Å². The maximum absolute atomic E-state index is 11.9. The van der Waals surface area contributed by atoms with E-state index in [0.29, 0.717) is 13.2 Å². The van der Waals surface area contributed by atoms with Gasteiger partial charge >= 0.3 is 6.09 Å². The first-order valence-electron chi connectivity index (χ1n) is 7.80. The van der Waals surface area contributed by atoms with Crippen LogP contribution in [-0.4, -0.2) is 19.3 Å². The predicted octanol–water partition coefficient (Wildman–Crippen LogP) is 4.62. The summed E-state index contributed by atoms with van der Waals surface area (Å²) in [5.41, 5.74) is 2.54. The molecule has 0 saturated heterocycles. The van der Waals surface area contributed by atoms with Gasteiger partial charge in [0, 0.05) is 0 Å². The van der Waals surface area contributed by atoms with Crippen molar-refractivity contribution >= 4 is 11.7 Å². The van der Waals surface area contributed by atoms with Gasteiger partial charge < -0.3 is 14.8 Å². The molecule has 0 atom stereocenters. The van der Waals surface area contributed by atoms with Crippen molar-refractivity contribution in [2.24, 2.45) is 0 Å². The molecule has 1 rings (SSSR count). The molecule has 1 amide bonds. The topological polar surface area (TPSA) is 47.6 Å². The Morgan fingerprint density at radius 3 is 2.65 bits per heavy atom. The Labute approximate surface area is 139 Å². The van der Waals surface area contributed by atoms with Crippen LogP contribution in [0.25, 0.3) is 5.57 Å². The summed E-state index contributed by atoms with van der Waals surface area (Å²) in [6.07, 6.45) is 2.58. The van der Waals surface area contributed by atoms with Gasteiger partial charge in [0.05, 0.1) is 25.0 Å². The van der Waals surface area contributed by atoms with Crippen LogP contribution in [0.15, 0.2) is 43.7 Å². The third-order valence-electron chi connectivity index (χ3n) is 3.50. The minimum atomic E-state index is -0.519. The zero-order valence-electron chi connectivity index (χ0n) is 14.4. The lowest BCUT2D eigenvalue weighted by Crippen LogP contribution is -2.41. The van der Waals surface area contributed by atoms with Crippen LogP contribution in [0.3, 0.4) is 0 Å². The molecule has 0 radical (unpaired) electrons. The van der Waals surface area contributed by atoms with Crippen LogP contribution >= 0.6 is 0 Å². The van der Waals surface area contributed by atoms with Crippen molar-refractivity contribution in [2.75, 3.05) is 13.2 Å². The largest absolute Gasteiger partial charge is 0.502 e. The van der Waals surface area contributed by atoms with E-state index in [2.05, 4.69) is 18.5 Å². The van der Waals surface area contributed by atoms with Crippen molar-refractivity contribution in [2.45, 2.75) is 39.2 Å². The lowest BCUT2D eigenvalue weighted by molar-refractivity contribution is 0.130. The Hall–Kier alpha value is -2.23. The zero-order chi connectivity index (χ0) is 17.3. The standard InChI is InChI=1S/C19H27NO3/c1-6-22-12-7-8-13-23-18(21)20-19(4,5)17-11-9-10-16(14-17)15(2)3/h6,9-11,14H,1-2,7-8,12-13H2,3-5H3,(H,20,21). The summed E-state index contributed by atoms with van der Waals surface area (Å²) >= 11 is 0. The monoisotopic (exact) mass is 317 g/mol. The summed E-state index contributed by atoms with van der Waals surface area (Å²) < 4.78 is 10.2. The molecule has 0 aliphatic heterocycles. The van der Waals surface area contributed by atoms with Gasteiger partial charge in [0.25, 0.3) is 0 Å². The molecule has 0 unspecified atom stereocenters. The van der Waals surface area contributed by atoms with Crippen molar-refractivity contribution < 1.29 is 14.3 Å². The third-order valence-corrected chi connectivity index (χ3v) is 3.50. The summed E-state index contributed by atoms with van der Waals surface area (Å²) in [7, 11) is 0. The maximum atomic E-state index is 11.9. The summed E-state index contributed by atoms with van der Waals surface area (Å²) in [5, 5.41) is 2.90. The molecule has 1 aromatic rings. The summed E-state index contributed by atoms with van der Waals surface area (Å²) in [6, 6.07) is 7.99. The molecule has 1 N–H and O–H groups in total. The minimum absolute atomic E-state index is 0.369. The van der Waals surface area contributed by atoms with E-state index in [0.717, 1.165) is 29.5 Å². The molecule has 4 heteroatoms. The molecular weight excluding hydrogens is 290 g/mol. The van der Waals surface area contributed by atoms with Gasteiger partial charge in [-0.15, -0.1) is 0 Å². The fourth-order valence-corrected chi connectivity index (χ4v) is 2.07. The molecule has 0 aliphatic carbocycles. The van der Waals surface area contributed by atoms with Gasteiger partial charge in [-0.3, -0.25) is 0 Å². The highest BCUT2D eigenvalue weighted by atomic mass is 16.5. The van der Waals surface area contributed by atoms with Gasteiger partial charge in [-0.05, 0) is 50.8 Å². The number of hydrogen-bond acceptors (Lipinski definition) is 3. The number of amides is 1. The second-order valence-electron chi connectivity index (χ2n) is 5.99. The molecule has 0 fully saturated rings. The van der Waals surface area contributed by atoms with Crippen molar-refractivity contribution in [1.82, 2.24) is 5.32 Å². The number of allylic oxidation sites excluding steroid dienone is 1. The first-order chi connectivity index (χ1) is 10.9. The van der Waals surface area contributed by atoms with Crippen molar-refractivity contribution in [3.63, 3.8) is 0 Å². The van der Waals surface area contributed by atoms with E-state index in [4.69, 9.17) is 9.47 Å². The zero-order valence-corrected chi connectivity index (χ0v) is 14.4. The third kappa shape index (κ3) is 6.59. The highest BCUT2D eigenvalue weighted by molar-refractivity contribution is 5.69. The van der Waals surface area contributed by atoms with Crippen molar-refractivity contribution in [3.8, 4) is 0 Å². The van der Waals surface area contributed by atoms with Gasteiger partial charge in [-0.25, -0.2) is 4.79 Å². The van der Waals surface area contributed by atoms with Crippen LogP contribution in [-0.2, 0) is 15.0 Å². The van der Waals surface area contributed by atoms with Crippen LogP contribution in [0.1, 0.15) is 44.7 Å². The molecule has 0 heterocycles. The number of nitrogens with one attached hydrogen (secondary N) is 1. The van der Waals surface area contributed by atoms with E-state index < -0.39 is 11.6 Å². The van der Waals surface area contributed by atoms with Crippen LogP contribution in [0.2, 0.25) is 0 Å². The van der Waals surface area contributed by atoms with E-state index in [1.54, 1.807) is 0 Å². The van der Waals surface area contributed by atoms with Gasteiger partial charge in [-0.1, -0.05) is 36.9 Å². The fourth-order valence-electron chi connectivity index (χ4n) is 2.07. The van der Waals surface area contributed by atoms with E-state index in [9.17, 15) is 4.79 Å². The number of benzene rings is 1. The Bertz CT molecular complexity index is 549. The van der Waals surface area contributed by atoms with Gasteiger partial charge in [0.2, 0.25) is 0 Å². The molecule has 0 aliphatic rings. The molecule has 1 aromatic carbocycles. The first kappa shape index (κ1) is 18.8. The molecule has 0 spiro atoms.